The molecule has 0 aliphatic carbocycles. The predicted molar refractivity (Wildman–Crippen MR) is 79.4 cm³/mol. The summed E-state index contributed by atoms with van der Waals surface area (Å²) in [5.41, 5.74) is 1.87. The van der Waals surface area contributed by atoms with Crippen LogP contribution in [0.1, 0.15) is 12.0 Å². The second kappa shape index (κ2) is 7.11. The van der Waals surface area contributed by atoms with Crippen molar-refractivity contribution in [3.8, 4) is 0 Å². The number of anilines is 1. The number of hydrogen-bond donors (Lipinski definition) is 2. The van der Waals surface area contributed by atoms with E-state index in [0.717, 1.165) is 26.6 Å². The van der Waals surface area contributed by atoms with Crippen LogP contribution in [0.15, 0.2) is 22.7 Å². The van der Waals surface area contributed by atoms with E-state index in [4.69, 9.17) is 0 Å². The average molecular weight is 397 g/mol. The van der Waals surface area contributed by atoms with Gasteiger partial charge in [0, 0.05) is 21.1 Å². The van der Waals surface area contributed by atoms with Gasteiger partial charge in [-0.3, -0.25) is 0 Å². The molecule has 0 fully saturated rings. The number of halogens is 2. The molecule has 0 atom stereocenters. The van der Waals surface area contributed by atoms with Crippen LogP contribution in [0.25, 0.3) is 0 Å². The maximum absolute atomic E-state index is 11.5. The molecule has 0 spiro atoms. The van der Waals surface area contributed by atoms with Crippen LogP contribution >= 0.6 is 38.5 Å². The van der Waals surface area contributed by atoms with Gasteiger partial charge in [0.1, 0.15) is 0 Å². The lowest BCUT2D eigenvalue weighted by Gasteiger charge is -2.10. The normalized spacial score (nSPS) is 9.94. The van der Waals surface area contributed by atoms with Crippen molar-refractivity contribution < 1.29 is 4.79 Å². The van der Waals surface area contributed by atoms with Crippen molar-refractivity contribution in [2.24, 2.45) is 0 Å². The van der Waals surface area contributed by atoms with Crippen LogP contribution in [0.5, 0.6) is 0 Å². The molecule has 0 aliphatic heterocycles. The van der Waals surface area contributed by atoms with E-state index in [1.165, 1.54) is 0 Å². The van der Waals surface area contributed by atoms with Crippen LogP contribution in [0.2, 0.25) is 0 Å². The molecule has 16 heavy (non-hydrogen) atoms. The van der Waals surface area contributed by atoms with Gasteiger partial charge in [-0.2, -0.15) is 0 Å². The lowest BCUT2D eigenvalue weighted by atomic mass is 10.2. The predicted octanol–water partition coefficient (Wildman–Crippen LogP) is 3.70. The molecule has 0 heterocycles. The van der Waals surface area contributed by atoms with Crippen molar-refractivity contribution in [3.63, 3.8) is 0 Å². The van der Waals surface area contributed by atoms with Gasteiger partial charge >= 0.3 is 6.03 Å². The zero-order valence-electron chi connectivity index (χ0n) is 9.02. The van der Waals surface area contributed by atoms with E-state index < -0.39 is 0 Å². The average Bonchev–Trinajstić information content (AvgIpc) is 2.25. The van der Waals surface area contributed by atoms with E-state index in [1.807, 2.05) is 25.1 Å². The Morgan fingerprint density at radius 3 is 2.94 bits per heavy atom. The molecule has 1 aromatic carbocycles. The van der Waals surface area contributed by atoms with E-state index in [1.54, 1.807) is 0 Å². The lowest BCUT2D eigenvalue weighted by Crippen LogP contribution is -2.29. The summed E-state index contributed by atoms with van der Waals surface area (Å²) < 4.78 is 2.05. The first-order valence-corrected chi connectivity index (χ1v) is 7.33. The van der Waals surface area contributed by atoms with Crippen molar-refractivity contribution in [1.29, 1.82) is 0 Å². The highest BCUT2D eigenvalue weighted by Crippen LogP contribution is 2.23. The van der Waals surface area contributed by atoms with Gasteiger partial charge in [-0.1, -0.05) is 44.6 Å². The lowest BCUT2D eigenvalue weighted by molar-refractivity contribution is 0.252. The number of benzene rings is 1. The van der Waals surface area contributed by atoms with E-state index in [9.17, 15) is 4.79 Å². The largest absolute Gasteiger partial charge is 0.338 e. The minimum atomic E-state index is -0.147. The summed E-state index contributed by atoms with van der Waals surface area (Å²) in [5, 5.41) is 5.64. The van der Waals surface area contributed by atoms with Gasteiger partial charge in [0.05, 0.1) is 0 Å². The van der Waals surface area contributed by atoms with Gasteiger partial charge in [0.15, 0.2) is 0 Å². The fraction of sp³-hybridized carbons (Fsp3) is 0.364. The van der Waals surface area contributed by atoms with Crippen LogP contribution in [-0.2, 0) is 0 Å². The van der Waals surface area contributed by atoms with Crippen molar-refractivity contribution in [3.05, 3.63) is 28.2 Å². The second-order valence-corrected chi connectivity index (χ2v) is 5.27. The molecule has 0 aromatic heterocycles. The van der Waals surface area contributed by atoms with Gasteiger partial charge in [0.2, 0.25) is 0 Å². The Morgan fingerprint density at radius 1 is 1.50 bits per heavy atom. The van der Waals surface area contributed by atoms with Gasteiger partial charge in [-0.15, -0.1) is 0 Å². The van der Waals surface area contributed by atoms with E-state index in [0.29, 0.717) is 6.54 Å². The molecule has 0 bridgehead atoms. The number of alkyl halides is 1. The van der Waals surface area contributed by atoms with E-state index in [-0.39, 0.29) is 6.03 Å². The highest BCUT2D eigenvalue weighted by Gasteiger charge is 2.05. The zero-order valence-corrected chi connectivity index (χ0v) is 12.8. The Balaban J connectivity index is 2.53. The molecule has 0 saturated carbocycles. The number of nitrogens with one attached hydrogen (secondary N) is 2. The van der Waals surface area contributed by atoms with E-state index >= 15 is 0 Å². The Hall–Kier alpha value is -0.300. The molecule has 0 radical (unpaired) electrons. The molecule has 3 nitrogen and oxygen atoms in total. The van der Waals surface area contributed by atoms with Crippen LogP contribution in [0.4, 0.5) is 10.5 Å². The summed E-state index contributed by atoms with van der Waals surface area (Å²) in [5.74, 6) is 0. The summed E-state index contributed by atoms with van der Waals surface area (Å²) in [4.78, 5) is 11.5. The minimum Gasteiger partial charge on any atom is -0.338 e. The third-order valence-corrected chi connectivity index (χ3v) is 3.73. The monoisotopic (exact) mass is 396 g/mol. The van der Waals surface area contributed by atoms with Crippen molar-refractivity contribution >= 4 is 50.2 Å². The summed E-state index contributed by atoms with van der Waals surface area (Å²) in [6.45, 7) is 2.67. The summed E-state index contributed by atoms with van der Waals surface area (Å²) in [6.07, 6.45) is 0.992. The third-order valence-electron chi connectivity index (χ3n) is 2.11. The smallest absolute Gasteiger partial charge is 0.319 e. The topological polar surface area (TPSA) is 41.1 Å². The molecule has 2 N–H and O–H groups in total. The zero-order chi connectivity index (χ0) is 12.0. The molecule has 1 aromatic rings. The molecule has 2 amide bonds. The van der Waals surface area contributed by atoms with Crippen LogP contribution in [0, 0.1) is 6.92 Å². The molecular formula is C11H14BrIN2O. The Morgan fingerprint density at radius 2 is 2.25 bits per heavy atom. The molecule has 88 valence electrons. The summed E-state index contributed by atoms with van der Waals surface area (Å²) in [7, 11) is 0. The van der Waals surface area contributed by atoms with Crippen molar-refractivity contribution in [1.82, 2.24) is 5.32 Å². The molecular weight excluding hydrogens is 383 g/mol. The minimum absolute atomic E-state index is 0.147. The number of amides is 2. The number of urea groups is 1. The van der Waals surface area contributed by atoms with Gasteiger partial charge < -0.3 is 10.6 Å². The fourth-order valence-corrected chi connectivity index (χ4v) is 1.93. The second-order valence-electron chi connectivity index (χ2n) is 3.34. The number of rotatable bonds is 4. The first-order valence-electron chi connectivity index (χ1n) is 5.01. The number of hydrogen-bond acceptors (Lipinski definition) is 1. The number of carbonyl (C=O) groups is 1. The Bertz CT molecular complexity index is 371. The first-order chi connectivity index (χ1) is 7.65. The van der Waals surface area contributed by atoms with Crippen LogP contribution < -0.4 is 10.6 Å². The summed E-state index contributed by atoms with van der Waals surface area (Å²) >= 11 is 5.72. The highest BCUT2D eigenvalue weighted by molar-refractivity contribution is 14.1. The van der Waals surface area contributed by atoms with Gasteiger partial charge in [0.25, 0.3) is 0 Å². The fourth-order valence-electron chi connectivity index (χ4n) is 1.18. The van der Waals surface area contributed by atoms with Crippen LogP contribution in [0.3, 0.4) is 0 Å². The summed E-state index contributed by atoms with van der Waals surface area (Å²) in [6, 6.07) is 5.59. The van der Waals surface area contributed by atoms with Gasteiger partial charge in [-0.25, -0.2) is 4.79 Å². The maximum Gasteiger partial charge on any atom is 0.319 e. The van der Waals surface area contributed by atoms with Crippen molar-refractivity contribution in [2.75, 3.05) is 16.3 Å². The van der Waals surface area contributed by atoms with Crippen molar-refractivity contribution in [2.45, 2.75) is 13.3 Å². The van der Waals surface area contributed by atoms with Crippen LogP contribution in [-0.4, -0.2) is 17.0 Å². The highest BCUT2D eigenvalue weighted by atomic mass is 127. The first kappa shape index (κ1) is 13.8. The molecule has 0 aliphatic rings. The third kappa shape index (κ3) is 4.29. The molecule has 0 saturated heterocycles. The molecule has 5 heteroatoms. The Kier molecular flexibility index (Phi) is 6.12. The molecule has 0 unspecified atom stereocenters. The maximum atomic E-state index is 11.5. The Labute approximate surface area is 118 Å². The SMILES string of the molecule is Cc1c(Br)cccc1NC(=O)NCCCI. The molecule has 1 rings (SSSR count). The quantitative estimate of drug-likeness (QED) is 0.454. The number of carbonyl (C=O) groups excluding carboxylic acids is 1. The van der Waals surface area contributed by atoms with Gasteiger partial charge in [-0.05, 0) is 31.0 Å². The standard InChI is InChI=1S/C11H14BrIN2O/c1-8-9(12)4-2-5-10(8)15-11(16)14-7-3-6-13/h2,4-5H,3,6-7H2,1H3,(H2,14,15,16). The van der Waals surface area contributed by atoms with E-state index in [2.05, 4.69) is 49.2 Å².